The molecule has 0 saturated carbocycles. The first-order valence-corrected chi connectivity index (χ1v) is 10.5. The molecule has 4 nitrogen and oxygen atoms in total. The summed E-state index contributed by atoms with van der Waals surface area (Å²) in [4.78, 5) is 29.2. The fourth-order valence-electron chi connectivity index (χ4n) is 3.28. The van der Waals surface area contributed by atoms with Gasteiger partial charge in [-0.25, -0.2) is 0 Å². The number of benzene rings is 3. The number of methoxy groups -OCH3 is 1. The Bertz CT molecular complexity index is 1130. The summed E-state index contributed by atoms with van der Waals surface area (Å²) in [6.07, 6.45) is 0. The second-order valence-electron chi connectivity index (χ2n) is 6.63. The molecule has 0 N–H and O–H groups in total. The molecule has 1 aliphatic heterocycles. The lowest BCUT2D eigenvalue weighted by Gasteiger charge is -2.17. The Hall–Kier alpha value is -3.02. The number of para-hydroxylation sites is 1. The number of hydrogen-bond acceptors (Lipinski definition) is 4. The Kier molecular flexibility index (Phi) is 5.93. The first-order valence-electron chi connectivity index (χ1n) is 9.29. The van der Waals surface area contributed by atoms with Gasteiger partial charge in [0, 0.05) is 15.5 Å². The molecule has 0 unspecified atom stereocenters. The molecule has 2 amide bonds. The number of halogens is 1. The van der Waals surface area contributed by atoms with Gasteiger partial charge >= 0.3 is 0 Å². The lowest BCUT2D eigenvalue weighted by molar-refractivity contribution is -0.137. The van der Waals surface area contributed by atoms with Gasteiger partial charge in [0.1, 0.15) is 5.75 Å². The van der Waals surface area contributed by atoms with Crippen molar-refractivity contribution >= 4 is 40.8 Å². The fraction of sp³-hybridized carbons (Fsp3) is 0.0833. The lowest BCUT2D eigenvalue weighted by atomic mass is 10.1. The molecule has 3 aromatic carbocycles. The lowest BCUT2D eigenvalue weighted by Crippen LogP contribution is -2.31. The molecule has 0 spiro atoms. The van der Waals surface area contributed by atoms with Crippen molar-refractivity contribution in [1.82, 2.24) is 4.90 Å². The van der Waals surface area contributed by atoms with Crippen LogP contribution in [0.5, 0.6) is 5.75 Å². The van der Waals surface area contributed by atoms with Crippen LogP contribution in [0.15, 0.2) is 88.7 Å². The zero-order valence-electron chi connectivity index (χ0n) is 16.2. The number of hydrogen-bond donors (Lipinski definition) is 0. The number of imide groups is 1. The molecule has 0 radical (unpaired) electrons. The van der Waals surface area contributed by atoms with E-state index in [1.807, 2.05) is 66.7 Å². The highest BCUT2D eigenvalue weighted by Gasteiger charge is 2.39. The topological polar surface area (TPSA) is 46.6 Å². The summed E-state index contributed by atoms with van der Waals surface area (Å²) >= 11 is 7.26. The van der Waals surface area contributed by atoms with Crippen molar-refractivity contribution in [3.05, 3.63) is 99.9 Å². The summed E-state index contributed by atoms with van der Waals surface area (Å²) in [5.74, 6) is 0.0106. The predicted octanol–water partition coefficient (Wildman–Crippen LogP) is 5.42. The Morgan fingerprint density at radius 1 is 0.867 bits per heavy atom. The van der Waals surface area contributed by atoms with Crippen LogP contribution in [-0.4, -0.2) is 23.8 Å². The molecule has 0 atom stereocenters. The van der Waals surface area contributed by atoms with E-state index in [0.29, 0.717) is 21.3 Å². The van der Waals surface area contributed by atoms with Crippen LogP contribution in [-0.2, 0) is 16.1 Å². The predicted molar refractivity (Wildman–Crippen MR) is 119 cm³/mol. The average molecular weight is 436 g/mol. The standard InChI is InChI=1S/C24H18ClNO3S/c1-29-20-10-6-5-9-17(20)15-26-23(27)21(16-7-3-2-4-8-16)22(24(26)28)30-19-13-11-18(25)12-14-19/h2-14H,15H2,1H3. The first-order chi connectivity index (χ1) is 14.6. The SMILES string of the molecule is COc1ccccc1CN1C(=O)C(Sc2ccc(Cl)cc2)=C(c2ccccc2)C1=O. The van der Waals surface area contributed by atoms with Gasteiger partial charge in [0.25, 0.3) is 11.8 Å². The van der Waals surface area contributed by atoms with Gasteiger partial charge in [-0.3, -0.25) is 14.5 Å². The minimum atomic E-state index is -0.315. The number of amides is 2. The van der Waals surface area contributed by atoms with E-state index in [-0.39, 0.29) is 18.4 Å². The number of ether oxygens (including phenoxy) is 1. The van der Waals surface area contributed by atoms with Gasteiger partial charge in [-0.1, -0.05) is 71.9 Å². The molecule has 6 heteroatoms. The van der Waals surface area contributed by atoms with E-state index >= 15 is 0 Å². The van der Waals surface area contributed by atoms with Crippen LogP contribution in [0.2, 0.25) is 5.02 Å². The molecule has 1 heterocycles. The van der Waals surface area contributed by atoms with Gasteiger partial charge in [0.2, 0.25) is 0 Å². The van der Waals surface area contributed by atoms with Crippen molar-refractivity contribution in [1.29, 1.82) is 0 Å². The highest BCUT2D eigenvalue weighted by Crippen LogP contribution is 2.40. The Morgan fingerprint density at radius 3 is 2.23 bits per heavy atom. The maximum Gasteiger partial charge on any atom is 0.268 e. The number of carbonyl (C=O) groups excluding carboxylic acids is 2. The molecule has 4 rings (SSSR count). The maximum absolute atomic E-state index is 13.3. The highest BCUT2D eigenvalue weighted by molar-refractivity contribution is 8.04. The molecule has 0 fully saturated rings. The molecule has 3 aromatic rings. The van der Waals surface area contributed by atoms with Crippen molar-refractivity contribution in [2.75, 3.05) is 7.11 Å². The number of rotatable bonds is 6. The Morgan fingerprint density at radius 2 is 1.53 bits per heavy atom. The monoisotopic (exact) mass is 435 g/mol. The number of nitrogens with zero attached hydrogens (tertiary/aromatic N) is 1. The van der Waals surface area contributed by atoms with Gasteiger partial charge in [0.05, 0.1) is 24.1 Å². The van der Waals surface area contributed by atoms with Crippen molar-refractivity contribution in [3.8, 4) is 5.75 Å². The first kappa shape index (κ1) is 20.3. The van der Waals surface area contributed by atoms with Crippen molar-refractivity contribution < 1.29 is 14.3 Å². The van der Waals surface area contributed by atoms with Crippen LogP contribution < -0.4 is 4.74 Å². The van der Waals surface area contributed by atoms with Gasteiger partial charge < -0.3 is 4.74 Å². The number of carbonyl (C=O) groups is 2. The van der Waals surface area contributed by atoms with E-state index < -0.39 is 0 Å². The van der Waals surface area contributed by atoms with Crippen LogP contribution in [0, 0.1) is 0 Å². The molecule has 1 aliphatic rings. The quantitative estimate of drug-likeness (QED) is 0.485. The minimum Gasteiger partial charge on any atom is -0.496 e. The Balaban J connectivity index is 1.73. The largest absolute Gasteiger partial charge is 0.496 e. The highest BCUT2D eigenvalue weighted by atomic mass is 35.5. The number of thioether (sulfide) groups is 1. The van der Waals surface area contributed by atoms with Crippen LogP contribution in [0.3, 0.4) is 0 Å². The third-order valence-electron chi connectivity index (χ3n) is 4.74. The van der Waals surface area contributed by atoms with E-state index in [4.69, 9.17) is 16.3 Å². The summed E-state index contributed by atoms with van der Waals surface area (Å²) in [5, 5.41) is 0.614. The molecular formula is C24H18ClNO3S. The molecule has 150 valence electrons. The van der Waals surface area contributed by atoms with Gasteiger partial charge in [-0.05, 0) is 35.9 Å². The second kappa shape index (κ2) is 8.78. The van der Waals surface area contributed by atoms with E-state index in [2.05, 4.69) is 0 Å². The van der Waals surface area contributed by atoms with Gasteiger partial charge in [0.15, 0.2) is 0 Å². The van der Waals surface area contributed by atoms with E-state index in [1.165, 1.54) is 16.7 Å². The second-order valence-corrected chi connectivity index (χ2v) is 8.15. The summed E-state index contributed by atoms with van der Waals surface area (Å²) in [6, 6.07) is 23.9. The van der Waals surface area contributed by atoms with Crippen molar-refractivity contribution in [2.45, 2.75) is 11.4 Å². The summed E-state index contributed by atoms with van der Waals surface area (Å²) in [5.41, 5.74) is 1.90. The average Bonchev–Trinajstić information content (AvgIpc) is 3.00. The molecule has 0 aliphatic carbocycles. The summed E-state index contributed by atoms with van der Waals surface area (Å²) in [6.45, 7) is 0.142. The summed E-state index contributed by atoms with van der Waals surface area (Å²) in [7, 11) is 1.57. The van der Waals surface area contributed by atoms with Gasteiger partial charge in [-0.2, -0.15) is 0 Å². The maximum atomic E-state index is 13.3. The molecular weight excluding hydrogens is 418 g/mol. The molecule has 30 heavy (non-hydrogen) atoms. The van der Waals surface area contributed by atoms with E-state index in [0.717, 1.165) is 16.0 Å². The van der Waals surface area contributed by atoms with Gasteiger partial charge in [-0.15, -0.1) is 0 Å². The molecule has 0 bridgehead atoms. The van der Waals surface area contributed by atoms with Crippen LogP contribution in [0.4, 0.5) is 0 Å². The normalized spacial score (nSPS) is 13.9. The zero-order valence-corrected chi connectivity index (χ0v) is 17.7. The van der Waals surface area contributed by atoms with Crippen molar-refractivity contribution in [3.63, 3.8) is 0 Å². The smallest absolute Gasteiger partial charge is 0.268 e. The van der Waals surface area contributed by atoms with Crippen molar-refractivity contribution in [2.24, 2.45) is 0 Å². The van der Waals surface area contributed by atoms with Crippen LogP contribution in [0.25, 0.3) is 5.57 Å². The minimum absolute atomic E-state index is 0.142. The molecule has 0 saturated heterocycles. The van der Waals surface area contributed by atoms with Crippen LogP contribution >= 0.6 is 23.4 Å². The zero-order chi connectivity index (χ0) is 21.1. The van der Waals surface area contributed by atoms with Crippen LogP contribution in [0.1, 0.15) is 11.1 Å². The Labute approximate surface area is 184 Å². The summed E-state index contributed by atoms with van der Waals surface area (Å²) < 4.78 is 5.39. The molecule has 0 aromatic heterocycles. The third kappa shape index (κ3) is 3.99. The van der Waals surface area contributed by atoms with E-state index in [9.17, 15) is 9.59 Å². The third-order valence-corrected chi connectivity index (χ3v) is 6.09. The van der Waals surface area contributed by atoms with E-state index in [1.54, 1.807) is 19.2 Å². The fourth-order valence-corrected chi connectivity index (χ4v) is 4.41.